The van der Waals surface area contributed by atoms with E-state index in [-0.39, 0.29) is 0 Å². The van der Waals surface area contributed by atoms with E-state index < -0.39 is 0 Å². The fraction of sp³-hybridized carbons (Fsp3) is 0.280. The molecule has 1 fully saturated rings. The van der Waals surface area contributed by atoms with E-state index in [1.807, 2.05) is 18.3 Å². The average molecular weight is 413 g/mol. The number of benzene rings is 2. The fourth-order valence-corrected chi connectivity index (χ4v) is 4.46. The lowest BCUT2D eigenvalue weighted by Crippen LogP contribution is -2.25. The minimum atomic E-state index is 0.322. The molecule has 0 radical (unpaired) electrons. The number of fused-ring (bicyclic) bond motifs is 1. The zero-order valence-electron chi connectivity index (χ0n) is 17.5. The summed E-state index contributed by atoms with van der Waals surface area (Å²) < 4.78 is 1.80. The number of hydrogen-bond donors (Lipinski definition) is 3. The first-order valence-electron chi connectivity index (χ1n) is 11.0. The molecule has 1 aliphatic carbocycles. The molecule has 6 heteroatoms. The molecule has 5 rings (SSSR count). The van der Waals surface area contributed by atoms with Crippen LogP contribution in [0.4, 0.5) is 17.2 Å². The van der Waals surface area contributed by atoms with Gasteiger partial charge in [-0.1, -0.05) is 42.5 Å². The van der Waals surface area contributed by atoms with Crippen LogP contribution >= 0.6 is 0 Å². The molecule has 1 aliphatic rings. The molecule has 6 nitrogen and oxygen atoms in total. The first kappa shape index (κ1) is 19.6. The largest absolute Gasteiger partial charge is 0.382 e. The number of hydrogen-bond acceptors (Lipinski definition) is 5. The highest BCUT2D eigenvalue weighted by Crippen LogP contribution is 2.33. The lowest BCUT2D eigenvalue weighted by Gasteiger charge is -2.24. The van der Waals surface area contributed by atoms with Crippen LogP contribution in [0.15, 0.2) is 66.9 Å². The maximum absolute atomic E-state index is 6.10. The van der Waals surface area contributed by atoms with E-state index in [4.69, 9.17) is 16.5 Å². The number of aromatic nitrogens is 3. The first-order valence-corrected chi connectivity index (χ1v) is 11.0. The van der Waals surface area contributed by atoms with Crippen molar-refractivity contribution in [3.63, 3.8) is 0 Å². The second kappa shape index (κ2) is 8.40. The predicted octanol–water partition coefficient (Wildman–Crippen LogP) is 4.63. The smallest absolute Gasteiger partial charge is 0.177 e. The van der Waals surface area contributed by atoms with Crippen LogP contribution in [0.3, 0.4) is 0 Å². The number of nitrogens with one attached hydrogen (secondary N) is 1. The molecule has 5 N–H and O–H groups in total. The highest BCUT2D eigenvalue weighted by Gasteiger charge is 2.23. The Morgan fingerprint density at radius 2 is 1.71 bits per heavy atom. The summed E-state index contributed by atoms with van der Waals surface area (Å²) in [5.41, 5.74) is 18.5. The van der Waals surface area contributed by atoms with Gasteiger partial charge in [0.05, 0.1) is 17.6 Å². The molecule has 0 unspecified atom stereocenters. The van der Waals surface area contributed by atoms with Crippen molar-refractivity contribution >= 4 is 22.8 Å². The summed E-state index contributed by atoms with van der Waals surface area (Å²) in [6.07, 6.45) is 7.16. The fourth-order valence-electron chi connectivity index (χ4n) is 4.46. The molecular formula is C25H28N6. The Labute approximate surface area is 182 Å². The lowest BCUT2D eigenvalue weighted by atomic mass is 9.85. The molecule has 0 aliphatic heterocycles. The maximum Gasteiger partial charge on any atom is 0.177 e. The van der Waals surface area contributed by atoms with E-state index in [0.717, 1.165) is 54.8 Å². The Kier molecular flexibility index (Phi) is 5.30. The van der Waals surface area contributed by atoms with Crippen molar-refractivity contribution in [2.75, 3.05) is 11.1 Å². The van der Waals surface area contributed by atoms with Gasteiger partial charge in [0.15, 0.2) is 5.65 Å². The third-order valence-electron chi connectivity index (χ3n) is 6.11. The number of nitrogens with two attached hydrogens (primary N) is 2. The van der Waals surface area contributed by atoms with Crippen LogP contribution in [0, 0.1) is 0 Å². The van der Waals surface area contributed by atoms with Gasteiger partial charge in [-0.2, -0.15) is 0 Å². The van der Waals surface area contributed by atoms with Gasteiger partial charge in [-0.25, -0.2) is 9.50 Å². The molecule has 0 saturated heterocycles. The van der Waals surface area contributed by atoms with E-state index in [1.165, 1.54) is 11.1 Å². The molecule has 31 heavy (non-hydrogen) atoms. The number of nitrogen functional groups attached to an aromatic ring is 1. The van der Waals surface area contributed by atoms with Crippen LogP contribution in [-0.4, -0.2) is 20.6 Å². The van der Waals surface area contributed by atoms with E-state index >= 15 is 0 Å². The molecule has 0 bridgehead atoms. The summed E-state index contributed by atoms with van der Waals surface area (Å²) in [7, 11) is 0. The van der Waals surface area contributed by atoms with Gasteiger partial charge < -0.3 is 16.8 Å². The molecular weight excluding hydrogens is 384 g/mol. The molecule has 0 spiro atoms. The molecule has 1 saturated carbocycles. The van der Waals surface area contributed by atoms with Crippen molar-refractivity contribution in [2.45, 2.75) is 44.1 Å². The molecule has 0 atom stereocenters. The number of imidazole rings is 1. The van der Waals surface area contributed by atoms with E-state index in [0.29, 0.717) is 17.8 Å². The van der Waals surface area contributed by atoms with Gasteiger partial charge >= 0.3 is 0 Å². The first-order chi connectivity index (χ1) is 15.1. The van der Waals surface area contributed by atoms with Gasteiger partial charge in [-0.15, -0.1) is 5.10 Å². The van der Waals surface area contributed by atoms with Gasteiger partial charge in [0.1, 0.15) is 5.82 Å². The Morgan fingerprint density at radius 3 is 2.52 bits per heavy atom. The third-order valence-corrected chi connectivity index (χ3v) is 6.11. The van der Waals surface area contributed by atoms with Crippen molar-refractivity contribution in [3.8, 4) is 0 Å². The van der Waals surface area contributed by atoms with Crippen molar-refractivity contribution in [1.29, 1.82) is 0 Å². The lowest BCUT2D eigenvalue weighted by molar-refractivity contribution is 0.391. The average Bonchev–Trinajstić information content (AvgIpc) is 3.19. The van der Waals surface area contributed by atoms with Gasteiger partial charge in [0.2, 0.25) is 0 Å². The molecule has 4 aromatic rings. The SMILES string of the molecule is Nc1cc(Nc2cccc(Cc3ccccc3)c2)c2nc([C@H]3CC[C@H](N)CC3)cn2n1. The Bertz CT molecular complexity index is 1180. The molecule has 0 amide bonds. The van der Waals surface area contributed by atoms with Crippen molar-refractivity contribution in [3.05, 3.63) is 83.7 Å². The topological polar surface area (TPSA) is 94.3 Å². The summed E-state index contributed by atoms with van der Waals surface area (Å²) >= 11 is 0. The van der Waals surface area contributed by atoms with E-state index in [9.17, 15) is 0 Å². The van der Waals surface area contributed by atoms with Crippen LogP contribution in [0.5, 0.6) is 0 Å². The van der Waals surface area contributed by atoms with Crippen LogP contribution in [0.1, 0.15) is 48.4 Å². The molecule has 2 aromatic carbocycles. The minimum Gasteiger partial charge on any atom is -0.382 e. The minimum absolute atomic E-state index is 0.322. The summed E-state index contributed by atoms with van der Waals surface area (Å²) in [6, 6.07) is 21.1. The third kappa shape index (κ3) is 4.39. The van der Waals surface area contributed by atoms with Gasteiger partial charge in [0.25, 0.3) is 0 Å². The van der Waals surface area contributed by atoms with Crippen LogP contribution in [-0.2, 0) is 6.42 Å². The normalized spacial score (nSPS) is 18.9. The Morgan fingerprint density at radius 1 is 0.935 bits per heavy atom. The number of rotatable bonds is 5. The van der Waals surface area contributed by atoms with E-state index in [2.05, 4.69) is 58.9 Å². The van der Waals surface area contributed by atoms with Crippen LogP contribution in [0.25, 0.3) is 5.65 Å². The Hall–Kier alpha value is -3.38. The summed E-state index contributed by atoms with van der Waals surface area (Å²) in [6.45, 7) is 0. The molecule has 2 heterocycles. The second-order valence-corrected chi connectivity index (χ2v) is 8.52. The highest BCUT2D eigenvalue weighted by atomic mass is 15.3. The van der Waals surface area contributed by atoms with Crippen molar-refractivity contribution < 1.29 is 0 Å². The zero-order chi connectivity index (χ0) is 21.2. The maximum atomic E-state index is 6.10. The summed E-state index contributed by atoms with van der Waals surface area (Å²) in [5, 5.41) is 7.96. The van der Waals surface area contributed by atoms with Crippen molar-refractivity contribution in [1.82, 2.24) is 14.6 Å². The Balaban J connectivity index is 1.42. The number of nitrogens with zero attached hydrogens (tertiary/aromatic N) is 3. The quantitative estimate of drug-likeness (QED) is 0.444. The van der Waals surface area contributed by atoms with E-state index in [1.54, 1.807) is 4.52 Å². The van der Waals surface area contributed by atoms with Gasteiger partial charge in [-0.05, 0) is 55.4 Å². The zero-order valence-corrected chi connectivity index (χ0v) is 17.5. The van der Waals surface area contributed by atoms with Gasteiger partial charge in [-0.3, -0.25) is 0 Å². The van der Waals surface area contributed by atoms with Crippen LogP contribution < -0.4 is 16.8 Å². The van der Waals surface area contributed by atoms with Crippen molar-refractivity contribution in [2.24, 2.45) is 5.73 Å². The summed E-state index contributed by atoms with van der Waals surface area (Å²) in [5.74, 6) is 0.898. The monoisotopic (exact) mass is 412 g/mol. The standard InChI is InChI=1S/C25H28N6/c26-20-11-9-19(10-12-20)23-16-31-25(29-23)22(15-24(27)30-31)28-21-8-4-7-18(14-21)13-17-5-2-1-3-6-17/h1-8,14-16,19-20,28H,9-13,26H2,(H2,27,30)/t19-,20-. The van der Waals surface area contributed by atoms with Crippen LogP contribution in [0.2, 0.25) is 0 Å². The number of anilines is 3. The summed E-state index contributed by atoms with van der Waals surface area (Å²) in [4.78, 5) is 4.93. The molecule has 158 valence electrons. The van der Waals surface area contributed by atoms with Gasteiger partial charge in [0, 0.05) is 23.7 Å². The highest BCUT2D eigenvalue weighted by molar-refractivity contribution is 5.76. The molecule has 2 aromatic heterocycles. The predicted molar refractivity (Wildman–Crippen MR) is 126 cm³/mol. The second-order valence-electron chi connectivity index (χ2n) is 8.52.